The van der Waals surface area contributed by atoms with E-state index in [0.717, 1.165) is 0 Å². The fraction of sp³-hybridized carbons (Fsp3) is 0.308. The summed E-state index contributed by atoms with van der Waals surface area (Å²) in [4.78, 5) is 36.5. The number of nitrogen functional groups attached to an aromatic ring is 1. The van der Waals surface area contributed by atoms with Crippen LogP contribution in [0.2, 0.25) is 0 Å². The molecule has 0 aliphatic carbocycles. The Kier molecular flexibility index (Phi) is 3.60. The number of anilines is 2. The number of primary amides is 1. The summed E-state index contributed by atoms with van der Waals surface area (Å²) in [6, 6.07) is 4.06. The molecular weight excluding hydrogens is 260 g/mol. The number of hydrogen-bond donors (Lipinski definition) is 3. The highest BCUT2D eigenvalue weighted by molar-refractivity contribution is 6.07. The quantitative estimate of drug-likeness (QED) is 0.513. The second-order valence-corrected chi connectivity index (χ2v) is 4.61. The molecule has 1 heterocycles. The van der Waals surface area contributed by atoms with Crippen LogP contribution >= 0.6 is 0 Å². The summed E-state index contributed by atoms with van der Waals surface area (Å²) in [6.45, 7) is 1.80. The molecule has 5 N–H and O–H groups in total. The highest BCUT2D eigenvalue weighted by Gasteiger charge is 2.34. The molecule has 1 fully saturated rings. The lowest BCUT2D eigenvalue weighted by Crippen LogP contribution is -2.58. The van der Waals surface area contributed by atoms with E-state index in [9.17, 15) is 14.4 Å². The van der Waals surface area contributed by atoms with Gasteiger partial charge in [-0.15, -0.1) is 0 Å². The Balaban J connectivity index is 2.52. The van der Waals surface area contributed by atoms with E-state index in [0.29, 0.717) is 17.8 Å². The van der Waals surface area contributed by atoms with Gasteiger partial charge in [0.15, 0.2) is 0 Å². The van der Waals surface area contributed by atoms with Gasteiger partial charge in [0, 0.05) is 5.69 Å². The van der Waals surface area contributed by atoms with Gasteiger partial charge in [-0.25, -0.2) is 0 Å². The van der Waals surface area contributed by atoms with Gasteiger partial charge in [0.2, 0.25) is 11.8 Å². The average molecular weight is 276 g/mol. The molecule has 106 valence electrons. The Hall–Kier alpha value is -2.57. The van der Waals surface area contributed by atoms with E-state index < -0.39 is 17.9 Å². The fourth-order valence-electron chi connectivity index (χ4n) is 2.32. The molecule has 0 radical (unpaired) electrons. The molecule has 1 unspecified atom stereocenters. The number of nitrogens with zero attached hydrogens (tertiary/aromatic N) is 1. The van der Waals surface area contributed by atoms with Gasteiger partial charge in [0.05, 0.1) is 17.8 Å². The lowest BCUT2D eigenvalue weighted by atomic mass is 10.0. The summed E-state index contributed by atoms with van der Waals surface area (Å²) in [5.41, 5.74) is 12.1. The summed E-state index contributed by atoms with van der Waals surface area (Å²) < 4.78 is 0. The van der Waals surface area contributed by atoms with Crippen LogP contribution in [-0.4, -0.2) is 30.3 Å². The van der Waals surface area contributed by atoms with E-state index in [1.54, 1.807) is 17.0 Å². The summed E-state index contributed by atoms with van der Waals surface area (Å²) in [7, 11) is 0. The molecule has 0 bridgehead atoms. The first-order valence-corrected chi connectivity index (χ1v) is 6.23. The number of carbonyl (C=O) groups excluding carboxylic acids is 3. The monoisotopic (exact) mass is 276 g/mol. The average Bonchev–Trinajstić information content (AvgIpc) is 2.37. The molecule has 7 heteroatoms. The van der Waals surface area contributed by atoms with Crippen molar-refractivity contribution >= 4 is 29.1 Å². The van der Waals surface area contributed by atoms with Crippen LogP contribution in [0, 0.1) is 0 Å². The molecule has 3 amide bonds. The largest absolute Gasteiger partial charge is 0.399 e. The lowest BCUT2D eigenvalue weighted by Gasteiger charge is -2.36. The maximum Gasteiger partial charge on any atom is 0.250 e. The van der Waals surface area contributed by atoms with Crippen LogP contribution in [-0.2, 0) is 9.59 Å². The fourth-order valence-corrected chi connectivity index (χ4v) is 2.32. The minimum Gasteiger partial charge on any atom is -0.399 e. The molecule has 1 saturated heterocycles. The molecule has 1 atom stereocenters. The molecule has 1 aliphatic heterocycles. The van der Waals surface area contributed by atoms with Crippen molar-refractivity contribution in [3.8, 4) is 0 Å². The molecule has 0 saturated carbocycles. The zero-order chi connectivity index (χ0) is 14.9. The SMILES string of the molecule is CCC1C(=O)NC(=O)CN1c1cc(N)ccc1C(N)=O. The molecule has 1 aromatic carbocycles. The Morgan fingerprint density at radius 3 is 2.75 bits per heavy atom. The Morgan fingerprint density at radius 1 is 1.45 bits per heavy atom. The van der Waals surface area contributed by atoms with Crippen molar-refractivity contribution in [1.29, 1.82) is 0 Å². The minimum atomic E-state index is -0.631. The number of nitrogens with one attached hydrogen (secondary N) is 1. The second-order valence-electron chi connectivity index (χ2n) is 4.61. The van der Waals surface area contributed by atoms with Gasteiger partial charge >= 0.3 is 0 Å². The number of rotatable bonds is 3. The number of imide groups is 1. The number of carbonyl (C=O) groups is 3. The predicted octanol–water partition coefficient (Wildman–Crippen LogP) is -0.391. The summed E-state index contributed by atoms with van der Waals surface area (Å²) in [6.07, 6.45) is 0.492. The standard InChI is InChI=1S/C13H16N4O3/c1-2-9-13(20)16-11(18)6-17(9)10-5-7(14)3-4-8(10)12(15)19/h3-5,9H,2,6,14H2,1H3,(H2,15,19)(H,16,18,20). The summed E-state index contributed by atoms with van der Waals surface area (Å²) in [5, 5.41) is 2.28. The van der Waals surface area contributed by atoms with Crippen molar-refractivity contribution in [3.05, 3.63) is 23.8 Å². The van der Waals surface area contributed by atoms with Gasteiger partial charge in [-0.05, 0) is 24.6 Å². The molecule has 2 rings (SSSR count). The van der Waals surface area contributed by atoms with Gasteiger partial charge in [-0.1, -0.05) is 6.92 Å². The highest BCUT2D eigenvalue weighted by Crippen LogP contribution is 2.27. The minimum absolute atomic E-state index is 0.0199. The third-order valence-corrected chi connectivity index (χ3v) is 3.24. The van der Waals surface area contributed by atoms with E-state index in [-0.39, 0.29) is 18.0 Å². The van der Waals surface area contributed by atoms with Crippen molar-refractivity contribution < 1.29 is 14.4 Å². The van der Waals surface area contributed by atoms with E-state index in [1.807, 2.05) is 6.92 Å². The van der Waals surface area contributed by atoms with Crippen LogP contribution in [0.1, 0.15) is 23.7 Å². The van der Waals surface area contributed by atoms with Crippen LogP contribution in [0.5, 0.6) is 0 Å². The third kappa shape index (κ3) is 2.42. The number of benzene rings is 1. The van der Waals surface area contributed by atoms with Gasteiger partial charge in [-0.3, -0.25) is 19.7 Å². The van der Waals surface area contributed by atoms with Crippen LogP contribution in [0.25, 0.3) is 0 Å². The van der Waals surface area contributed by atoms with Crippen molar-refractivity contribution in [2.24, 2.45) is 5.73 Å². The van der Waals surface area contributed by atoms with Gasteiger partial charge < -0.3 is 16.4 Å². The maximum atomic E-state index is 11.9. The Labute approximate surface area is 115 Å². The van der Waals surface area contributed by atoms with Crippen molar-refractivity contribution in [2.75, 3.05) is 17.2 Å². The van der Waals surface area contributed by atoms with Crippen LogP contribution < -0.4 is 21.7 Å². The molecule has 1 aliphatic rings. The van der Waals surface area contributed by atoms with E-state index in [1.165, 1.54) is 6.07 Å². The van der Waals surface area contributed by atoms with E-state index in [2.05, 4.69) is 5.32 Å². The second kappa shape index (κ2) is 5.20. The van der Waals surface area contributed by atoms with Gasteiger partial charge in [0.25, 0.3) is 5.91 Å². The number of amides is 3. The molecule has 0 spiro atoms. The lowest BCUT2D eigenvalue weighted by molar-refractivity contribution is -0.132. The maximum absolute atomic E-state index is 11.9. The Bertz CT molecular complexity index is 585. The smallest absolute Gasteiger partial charge is 0.250 e. The summed E-state index contributed by atoms with van der Waals surface area (Å²) in [5.74, 6) is -1.44. The van der Waals surface area contributed by atoms with Gasteiger partial charge in [0.1, 0.15) is 6.04 Å². The molecule has 0 aromatic heterocycles. The van der Waals surface area contributed by atoms with E-state index in [4.69, 9.17) is 11.5 Å². The topological polar surface area (TPSA) is 119 Å². The zero-order valence-electron chi connectivity index (χ0n) is 11.1. The van der Waals surface area contributed by atoms with Crippen LogP contribution in [0.15, 0.2) is 18.2 Å². The molecule has 1 aromatic rings. The Morgan fingerprint density at radius 2 is 2.15 bits per heavy atom. The van der Waals surface area contributed by atoms with Crippen molar-refractivity contribution in [3.63, 3.8) is 0 Å². The molecular formula is C13H16N4O3. The first kappa shape index (κ1) is 13.9. The van der Waals surface area contributed by atoms with Crippen LogP contribution in [0.4, 0.5) is 11.4 Å². The molecule has 20 heavy (non-hydrogen) atoms. The van der Waals surface area contributed by atoms with Gasteiger partial charge in [-0.2, -0.15) is 0 Å². The molecule has 7 nitrogen and oxygen atoms in total. The highest BCUT2D eigenvalue weighted by atomic mass is 16.2. The number of nitrogens with two attached hydrogens (primary N) is 2. The first-order valence-electron chi connectivity index (χ1n) is 6.23. The first-order chi connectivity index (χ1) is 9.43. The van der Waals surface area contributed by atoms with Crippen LogP contribution in [0.3, 0.4) is 0 Å². The predicted molar refractivity (Wildman–Crippen MR) is 73.9 cm³/mol. The summed E-state index contributed by atoms with van der Waals surface area (Å²) >= 11 is 0. The third-order valence-electron chi connectivity index (χ3n) is 3.24. The number of hydrogen-bond acceptors (Lipinski definition) is 5. The van der Waals surface area contributed by atoms with E-state index >= 15 is 0 Å². The normalized spacial score (nSPS) is 18.9. The number of piperazine rings is 1. The zero-order valence-corrected chi connectivity index (χ0v) is 11.1. The van der Waals surface area contributed by atoms with Crippen molar-refractivity contribution in [1.82, 2.24) is 5.32 Å². The van der Waals surface area contributed by atoms with Crippen molar-refractivity contribution in [2.45, 2.75) is 19.4 Å².